The molecule has 0 aromatic carbocycles. The average Bonchev–Trinajstić information content (AvgIpc) is 4.13. The van der Waals surface area contributed by atoms with Crippen molar-refractivity contribution >= 4 is 5.97 Å². The molecular weight excluding hydrogens is 855 g/mol. The molecule has 1 saturated carbocycles. The molecule has 1 aliphatic heterocycles. The summed E-state index contributed by atoms with van der Waals surface area (Å²) < 4.78 is 18.2. The fourth-order valence-corrected chi connectivity index (χ4v) is 10.9. The number of esters is 1. The van der Waals surface area contributed by atoms with Gasteiger partial charge in [-0.05, 0) is 115 Å². The van der Waals surface area contributed by atoms with Gasteiger partial charge in [0.1, 0.15) is 0 Å². The van der Waals surface area contributed by atoms with Crippen LogP contribution in [0.5, 0.6) is 0 Å². The van der Waals surface area contributed by atoms with Crippen LogP contribution in [0.2, 0.25) is 0 Å². The maximum Gasteiger partial charge on any atom is 0.305 e. The Bertz CT molecular complexity index is 1060. The van der Waals surface area contributed by atoms with Gasteiger partial charge in [0.25, 0.3) is 0 Å². The first kappa shape index (κ1) is 64.3. The minimum absolute atomic E-state index is 0.00702. The van der Waals surface area contributed by atoms with Crippen LogP contribution < -0.4 is 0 Å². The molecule has 8 heteroatoms. The van der Waals surface area contributed by atoms with E-state index in [0.717, 1.165) is 76.5 Å². The molecule has 1 heterocycles. The molecule has 0 amide bonds. The molecule has 0 radical (unpaired) electrons. The van der Waals surface area contributed by atoms with Crippen LogP contribution in [-0.2, 0) is 19.0 Å². The zero-order valence-electron chi connectivity index (χ0n) is 47.0. The molecule has 2 fully saturated rings. The molecule has 2 unspecified atom stereocenters. The first-order valence-electron chi connectivity index (χ1n) is 31.2. The Morgan fingerprint density at radius 1 is 0.522 bits per heavy atom. The van der Waals surface area contributed by atoms with Gasteiger partial charge >= 0.3 is 5.97 Å². The number of ether oxygens (including phenoxy) is 3. The fourth-order valence-electron chi connectivity index (χ4n) is 10.9. The van der Waals surface area contributed by atoms with E-state index in [2.05, 4.69) is 42.4 Å². The molecule has 69 heavy (non-hydrogen) atoms. The van der Waals surface area contributed by atoms with Crippen molar-refractivity contribution in [1.29, 1.82) is 0 Å². The minimum Gasteiger partial charge on any atom is -0.466 e. The lowest BCUT2D eigenvalue weighted by Crippen LogP contribution is -2.38. The molecule has 1 aliphatic carbocycles. The zero-order valence-corrected chi connectivity index (χ0v) is 47.0. The monoisotopic (exact) mass is 976 g/mol. The Balaban J connectivity index is 1.74. The maximum atomic E-state index is 12.5. The molecule has 8 nitrogen and oxygen atoms in total. The van der Waals surface area contributed by atoms with Crippen LogP contribution in [0.15, 0.2) is 0 Å². The number of aliphatic hydroxyl groups excluding tert-OH is 1. The second kappa shape index (κ2) is 48.2. The lowest BCUT2D eigenvalue weighted by molar-refractivity contribution is -0.148. The summed E-state index contributed by atoms with van der Waals surface area (Å²) in [6.45, 7) is 19.8. The molecule has 2 atom stereocenters. The highest BCUT2D eigenvalue weighted by molar-refractivity contribution is 5.69. The summed E-state index contributed by atoms with van der Waals surface area (Å²) in [5.41, 5.74) is 0. The lowest BCUT2D eigenvalue weighted by Gasteiger charge is -2.27. The van der Waals surface area contributed by atoms with Gasteiger partial charge in [-0.25, -0.2) is 0 Å². The summed E-state index contributed by atoms with van der Waals surface area (Å²) in [6.07, 6.45) is 51.9. The Kier molecular flexibility index (Phi) is 44.9. The van der Waals surface area contributed by atoms with E-state index in [0.29, 0.717) is 13.0 Å². The van der Waals surface area contributed by atoms with Gasteiger partial charge in [0.05, 0.1) is 13.2 Å². The van der Waals surface area contributed by atoms with E-state index in [1.807, 2.05) is 0 Å². The Labute approximate surface area is 430 Å². The van der Waals surface area contributed by atoms with Crippen LogP contribution in [0.1, 0.15) is 291 Å². The van der Waals surface area contributed by atoms with Gasteiger partial charge in [-0.1, -0.05) is 195 Å². The van der Waals surface area contributed by atoms with Crippen LogP contribution in [0.3, 0.4) is 0 Å². The SMILES string of the molecule is CCCCCCCCCCCOC(=O)CCCCCN1CC(CCCCN(CCCCC)CCN(CCO)C2CC2)CC1CCCCCCCCCC(OCCCCCCC)OCCCCCCC. The summed E-state index contributed by atoms with van der Waals surface area (Å²) in [5.74, 6) is 0.843. The van der Waals surface area contributed by atoms with Crippen LogP contribution in [-0.4, -0.2) is 116 Å². The van der Waals surface area contributed by atoms with Gasteiger partial charge in [0.2, 0.25) is 0 Å². The lowest BCUT2D eigenvalue weighted by atomic mass is 9.96. The fraction of sp³-hybridized carbons (Fsp3) is 0.984. The van der Waals surface area contributed by atoms with Crippen LogP contribution in [0, 0.1) is 5.92 Å². The molecule has 0 aromatic heterocycles. The molecule has 410 valence electrons. The number of unbranched alkanes of at least 4 members (excludes halogenated alkanes) is 27. The summed E-state index contributed by atoms with van der Waals surface area (Å²) in [5, 5.41) is 9.65. The van der Waals surface area contributed by atoms with Crippen LogP contribution in [0.4, 0.5) is 0 Å². The summed E-state index contributed by atoms with van der Waals surface area (Å²) in [7, 11) is 0. The van der Waals surface area contributed by atoms with Gasteiger partial charge in [-0.2, -0.15) is 0 Å². The Hall–Kier alpha value is -0.770. The Morgan fingerprint density at radius 3 is 1.59 bits per heavy atom. The molecule has 0 spiro atoms. The third kappa shape index (κ3) is 38.5. The van der Waals surface area contributed by atoms with E-state index in [9.17, 15) is 9.90 Å². The number of nitrogens with zero attached hydrogens (tertiary/aromatic N) is 3. The van der Waals surface area contributed by atoms with Crippen LogP contribution >= 0.6 is 0 Å². The number of likely N-dealkylation sites (tertiary alicyclic amines) is 1. The zero-order chi connectivity index (χ0) is 49.5. The predicted molar refractivity (Wildman–Crippen MR) is 296 cm³/mol. The number of aliphatic hydroxyl groups is 1. The number of hydrogen-bond acceptors (Lipinski definition) is 8. The number of hydrogen-bond donors (Lipinski definition) is 1. The quantitative estimate of drug-likeness (QED) is 0.0367. The number of carbonyl (C=O) groups excluding carboxylic acids is 1. The van der Waals surface area contributed by atoms with Crippen molar-refractivity contribution in [3.63, 3.8) is 0 Å². The largest absolute Gasteiger partial charge is 0.466 e. The van der Waals surface area contributed by atoms with Crippen molar-refractivity contribution in [2.24, 2.45) is 5.92 Å². The van der Waals surface area contributed by atoms with Crippen LogP contribution in [0.25, 0.3) is 0 Å². The van der Waals surface area contributed by atoms with E-state index in [4.69, 9.17) is 14.2 Å². The second-order valence-electron chi connectivity index (χ2n) is 22.2. The van der Waals surface area contributed by atoms with Gasteiger partial charge in [-0.3, -0.25) is 9.69 Å². The van der Waals surface area contributed by atoms with Crippen molar-refractivity contribution in [2.75, 3.05) is 72.2 Å². The molecule has 1 saturated heterocycles. The van der Waals surface area contributed by atoms with E-state index < -0.39 is 0 Å². The number of rotatable bonds is 55. The molecule has 0 aromatic rings. The highest BCUT2D eigenvalue weighted by atomic mass is 16.7. The van der Waals surface area contributed by atoms with Crippen molar-refractivity contribution in [2.45, 2.75) is 309 Å². The maximum absolute atomic E-state index is 12.5. The standard InChI is InChI=1S/C61H121N3O5/c1-5-9-13-16-17-18-22-27-36-52-67-60(66)41-30-28-34-47-64-56-57(39-32-35-46-62(45-33-12-8-4)48-49-63(50-51-65)58-43-44-58)55-59(64)40-29-23-20-19-21-24-31-42-61(68-53-37-25-14-10-6-2)69-54-38-26-15-11-7-3/h57-59,61,65H,5-56H2,1-4H3. The summed E-state index contributed by atoms with van der Waals surface area (Å²) >= 11 is 0. The normalized spacial score (nSPS) is 16.6. The van der Waals surface area contributed by atoms with Gasteiger partial charge in [-0.15, -0.1) is 0 Å². The van der Waals surface area contributed by atoms with E-state index in [-0.39, 0.29) is 18.9 Å². The van der Waals surface area contributed by atoms with Gasteiger partial charge in [0, 0.05) is 57.9 Å². The summed E-state index contributed by atoms with van der Waals surface area (Å²) in [6, 6.07) is 1.46. The highest BCUT2D eigenvalue weighted by Gasteiger charge is 2.31. The van der Waals surface area contributed by atoms with Crippen molar-refractivity contribution in [1.82, 2.24) is 14.7 Å². The smallest absolute Gasteiger partial charge is 0.305 e. The third-order valence-electron chi connectivity index (χ3n) is 15.6. The van der Waals surface area contributed by atoms with Crippen molar-refractivity contribution in [3.8, 4) is 0 Å². The first-order valence-corrected chi connectivity index (χ1v) is 31.2. The molecule has 0 bridgehead atoms. The van der Waals surface area contributed by atoms with E-state index in [1.54, 1.807) is 0 Å². The molecule has 2 rings (SSSR count). The molecule has 2 aliphatic rings. The third-order valence-corrected chi connectivity index (χ3v) is 15.6. The number of carbonyl (C=O) groups is 1. The average molecular weight is 977 g/mol. The minimum atomic E-state index is -0.00702. The van der Waals surface area contributed by atoms with E-state index in [1.165, 1.54) is 257 Å². The van der Waals surface area contributed by atoms with E-state index >= 15 is 0 Å². The predicted octanol–water partition coefficient (Wildman–Crippen LogP) is 16.2. The van der Waals surface area contributed by atoms with Crippen molar-refractivity contribution in [3.05, 3.63) is 0 Å². The molecule has 1 N–H and O–H groups in total. The first-order chi connectivity index (χ1) is 34.0. The Morgan fingerprint density at radius 2 is 1.01 bits per heavy atom. The highest BCUT2D eigenvalue weighted by Crippen LogP contribution is 2.31. The van der Waals surface area contributed by atoms with Gasteiger partial charge < -0.3 is 29.1 Å². The van der Waals surface area contributed by atoms with Gasteiger partial charge in [0.15, 0.2) is 6.29 Å². The summed E-state index contributed by atoms with van der Waals surface area (Å²) in [4.78, 5) is 20.7. The molecular formula is C61H121N3O5. The van der Waals surface area contributed by atoms with Crippen molar-refractivity contribution < 1.29 is 24.1 Å². The second-order valence-corrected chi connectivity index (χ2v) is 22.2. The topological polar surface area (TPSA) is 74.7 Å².